The van der Waals surface area contributed by atoms with E-state index in [-0.39, 0.29) is 0 Å². The van der Waals surface area contributed by atoms with Crippen LogP contribution in [0.3, 0.4) is 0 Å². The van der Waals surface area contributed by atoms with Gasteiger partial charge in [-0.15, -0.1) is 0 Å². The molecule has 2 fully saturated rings. The first kappa shape index (κ1) is 13.4. The molecule has 2 nitrogen and oxygen atoms in total. The molecule has 0 saturated carbocycles. The number of halogens is 1. The maximum absolute atomic E-state index is 5.93. The van der Waals surface area contributed by atoms with Crippen LogP contribution in [-0.4, -0.2) is 36.1 Å². The van der Waals surface area contributed by atoms with E-state index in [1.54, 1.807) is 0 Å². The van der Waals surface area contributed by atoms with Crippen molar-refractivity contribution < 1.29 is 0 Å². The largest absolute Gasteiger partial charge is 0.310 e. The third kappa shape index (κ3) is 3.13. The molecule has 3 rings (SSSR count). The smallest absolute Gasteiger partial charge is 0.0406 e. The Bertz CT molecular complexity index is 417. The van der Waals surface area contributed by atoms with Gasteiger partial charge in [-0.1, -0.05) is 23.7 Å². The van der Waals surface area contributed by atoms with Gasteiger partial charge < -0.3 is 5.32 Å². The fourth-order valence-corrected chi connectivity index (χ4v) is 3.80. The average molecular weight is 279 g/mol. The summed E-state index contributed by atoms with van der Waals surface area (Å²) >= 11 is 5.93. The van der Waals surface area contributed by atoms with E-state index in [0.29, 0.717) is 12.1 Å². The van der Waals surface area contributed by atoms with Crippen LogP contribution in [0, 0.1) is 0 Å². The molecule has 2 aliphatic heterocycles. The fourth-order valence-electron chi connectivity index (χ4n) is 3.68. The Kier molecular flexibility index (Phi) is 4.11. The zero-order valence-electron chi connectivity index (χ0n) is 11.6. The van der Waals surface area contributed by atoms with Crippen LogP contribution in [0.1, 0.15) is 31.7 Å². The Labute approximate surface area is 121 Å². The van der Waals surface area contributed by atoms with E-state index in [1.165, 1.54) is 37.9 Å². The number of hydrogen-bond acceptors (Lipinski definition) is 2. The molecule has 1 N–H and O–H groups in total. The number of fused-ring (bicyclic) bond motifs is 1. The highest BCUT2D eigenvalue weighted by Crippen LogP contribution is 2.28. The quantitative estimate of drug-likeness (QED) is 0.910. The molecule has 104 valence electrons. The minimum atomic E-state index is 0.534. The van der Waals surface area contributed by atoms with E-state index in [9.17, 15) is 0 Å². The van der Waals surface area contributed by atoms with Crippen LogP contribution in [0.15, 0.2) is 24.3 Å². The maximum atomic E-state index is 5.93. The van der Waals surface area contributed by atoms with Crippen molar-refractivity contribution in [2.75, 3.05) is 13.1 Å². The SMILES string of the molecule is CC(Cc1ccc(Cl)cc1)NC1CCN2CCCC12. The summed E-state index contributed by atoms with van der Waals surface area (Å²) in [5.41, 5.74) is 1.37. The lowest BCUT2D eigenvalue weighted by Crippen LogP contribution is -2.44. The molecule has 0 aromatic heterocycles. The van der Waals surface area contributed by atoms with Gasteiger partial charge in [-0.05, 0) is 56.8 Å². The summed E-state index contributed by atoms with van der Waals surface area (Å²) in [7, 11) is 0. The van der Waals surface area contributed by atoms with E-state index in [4.69, 9.17) is 11.6 Å². The summed E-state index contributed by atoms with van der Waals surface area (Å²) < 4.78 is 0. The lowest BCUT2D eigenvalue weighted by Gasteiger charge is -2.25. The van der Waals surface area contributed by atoms with Crippen LogP contribution in [0.2, 0.25) is 5.02 Å². The maximum Gasteiger partial charge on any atom is 0.0406 e. The van der Waals surface area contributed by atoms with Crippen LogP contribution >= 0.6 is 11.6 Å². The zero-order valence-corrected chi connectivity index (χ0v) is 12.4. The molecule has 19 heavy (non-hydrogen) atoms. The lowest BCUT2D eigenvalue weighted by molar-refractivity contribution is 0.290. The third-order valence-corrected chi connectivity index (χ3v) is 4.81. The van der Waals surface area contributed by atoms with Crippen molar-refractivity contribution in [2.24, 2.45) is 0 Å². The Morgan fingerprint density at radius 3 is 2.84 bits per heavy atom. The molecule has 2 aliphatic rings. The molecule has 1 aromatic carbocycles. The Morgan fingerprint density at radius 2 is 2.05 bits per heavy atom. The summed E-state index contributed by atoms with van der Waals surface area (Å²) in [6.45, 7) is 4.90. The van der Waals surface area contributed by atoms with Crippen LogP contribution < -0.4 is 5.32 Å². The molecule has 0 radical (unpaired) electrons. The Morgan fingerprint density at radius 1 is 1.26 bits per heavy atom. The van der Waals surface area contributed by atoms with Gasteiger partial charge in [-0.25, -0.2) is 0 Å². The number of benzene rings is 1. The number of nitrogens with one attached hydrogen (secondary N) is 1. The first-order chi connectivity index (χ1) is 9.22. The van der Waals surface area contributed by atoms with Gasteiger partial charge >= 0.3 is 0 Å². The minimum Gasteiger partial charge on any atom is -0.310 e. The van der Waals surface area contributed by atoms with Crippen LogP contribution in [0.25, 0.3) is 0 Å². The molecule has 0 spiro atoms. The van der Waals surface area contributed by atoms with Gasteiger partial charge in [-0.3, -0.25) is 4.90 Å². The molecular weight excluding hydrogens is 256 g/mol. The van der Waals surface area contributed by atoms with Crippen molar-refractivity contribution >= 4 is 11.6 Å². The van der Waals surface area contributed by atoms with Crippen molar-refractivity contribution in [1.82, 2.24) is 10.2 Å². The molecule has 2 saturated heterocycles. The van der Waals surface area contributed by atoms with Gasteiger partial charge in [0.15, 0.2) is 0 Å². The van der Waals surface area contributed by atoms with Crippen molar-refractivity contribution in [2.45, 2.75) is 50.7 Å². The summed E-state index contributed by atoms with van der Waals surface area (Å²) in [4.78, 5) is 2.66. The predicted molar refractivity (Wildman–Crippen MR) is 80.8 cm³/mol. The second-order valence-electron chi connectivity index (χ2n) is 6.04. The fraction of sp³-hybridized carbons (Fsp3) is 0.625. The molecule has 0 bridgehead atoms. The highest BCUT2D eigenvalue weighted by Gasteiger charge is 2.37. The highest BCUT2D eigenvalue weighted by atomic mass is 35.5. The molecule has 2 heterocycles. The molecular formula is C16H23ClN2. The zero-order chi connectivity index (χ0) is 13.2. The average Bonchev–Trinajstić information content (AvgIpc) is 2.97. The minimum absolute atomic E-state index is 0.534. The van der Waals surface area contributed by atoms with Crippen molar-refractivity contribution in [1.29, 1.82) is 0 Å². The van der Waals surface area contributed by atoms with Gasteiger partial charge in [0, 0.05) is 29.7 Å². The van der Waals surface area contributed by atoms with E-state index >= 15 is 0 Å². The predicted octanol–water partition coefficient (Wildman–Crippen LogP) is 3.10. The van der Waals surface area contributed by atoms with E-state index in [0.717, 1.165) is 17.5 Å². The van der Waals surface area contributed by atoms with Crippen molar-refractivity contribution in [3.05, 3.63) is 34.9 Å². The highest BCUT2D eigenvalue weighted by molar-refractivity contribution is 6.30. The van der Waals surface area contributed by atoms with Gasteiger partial charge in [0.25, 0.3) is 0 Å². The van der Waals surface area contributed by atoms with Gasteiger partial charge in [-0.2, -0.15) is 0 Å². The third-order valence-electron chi connectivity index (χ3n) is 4.56. The second-order valence-corrected chi connectivity index (χ2v) is 6.48. The summed E-state index contributed by atoms with van der Waals surface area (Å²) in [6.07, 6.45) is 5.16. The molecule has 3 atom stereocenters. The molecule has 0 amide bonds. The van der Waals surface area contributed by atoms with Crippen LogP contribution in [0.5, 0.6) is 0 Å². The van der Waals surface area contributed by atoms with Gasteiger partial charge in [0.1, 0.15) is 0 Å². The molecule has 3 heteroatoms. The summed E-state index contributed by atoms with van der Waals surface area (Å²) in [5.74, 6) is 0. The van der Waals surface area contributed by atoms with Crippen molar-refractivity contribution in [3.8, 4) is 0 Å². The number of nitrogens with zero attached hydrogens (tertiary/aromatic N) is 1. The standard InChI is InChI=1S/C16H23ClN2/c1-12(11-13-4-6-14(17)7-5-13)18-15-8-10-19-9-2-3-16(15)19/h4-7,12,15-16,18H,2-3,8-11H2,1H3. The Balaban J connectivity index is 1.53. The van der Waals surface area contributed by atoms with Gasteiger partial charge in [0.05, 0.1) is 0 Å². The topological polar surface area (TPSA) is 15.3 Å². The van der Waals surface area contributed by atoms with E-state index in [2.05, 4.69) is 29.3 Å². The molecule has 1 aromatic rings. The first-order valence-electron chi connectivity index (χ1n) is 7.47. The summed E-state index contributed by atoms with van der Waals surface area (Å²) in [5, 5.41) is 4.66. The monoisotopic (exact) mass is 278 g/mol. The first-order valence-corrected chi connectivity index (χ1v) is 7.85. The van der Waals surface area contributed by atoms with Gasteiger partial charge in [0.2, 0.25) is 0 Å². The molecule has 0 aliphatic carbocycles. The Hall–Kier alpha value is -0.570. The number of hydrogen-bond donors (Lipinski definition) is 1. The lowest BCUT2D eigenvalue weighted by atomic mass is 10.0. The van der Waals surface area contributed by atoms with Crippen molar-refractivity contribution in [3.63, 3.8) is 0 Å². The van der Waals surface area contributed by atoms with Crippen LogP contribution in [-0.2, 0) is 6.42 Å². The van der Waals surface area contributed by atoms with Crippen LogP contribution in [0.4, 0.5) is 0 Å². The second kappa shape index (κ2) is 5.82. The molecule has 3 unspecified atom stereocenters. The number of rotatable bonds is 4. The van der Waals surface area contributed by atoms with E-state index < -0.39 is 0 Å². The van der Waals surface area contributed by atoms with E-state index in [1.807, 2.05) is 12.1 Å². The summed E-state index contributed by atoms with van der Waals surface area (Å²) in [6, 6.07) is 10.3. The normalized spacial score (nSPS) is 28.5.